The van der Waals surface area contributed by atoms with Crippen LogP contribution in [0, 0.1) is 13.8 Å². The number of hydrogen-bond donors (Lipinski definition) is 0. The zero-order valence-corrected chi connectivity index (χ0v) is 17.5. The Hall–Kier alpha value is -2.60. The number of aromatic nitrogens is 3. The van der Waals surface area contributed by atoms with Crippen molar-refractivity contribution in [1.29, 1.82) is 0 Å². The molecule has 0 amide bonds. The summed E-state index contributed by atoms with van der Waals surface area (Å²) < 4.78 is 7.29. The molecule has 146 valence electrons. The number of ether oxygens (including phenoxy) is 1. The number of benzene rings is 2. The van der Waals surface area contributed by atoms with Gasteiger partial charge in [-0.15, -0.1) is 10.2 Å². The fourth-order valence-corrected chi connectivity index (χ4v) is 3.75. The minimum absolute atomic E-state index is 0.126. The zero-order chi connectivity index (χ0) is 20.1. The highest BCUT2D eigenvalue weighted by Gasteiger charge is 2.18. The predicted molar refractivity (Wildman–Crippen MR) is 112 cm³/mol. The molecular weight excluding hydrogens is 370 g/mol. The van der Waals surface area contributed by atoms with Crippen LogP contribution in [0.2, 0.25) is 0 Å². The summed E-state index contributed by atoms with van der Waals surface area (Å²) in [6, 6.07) is 16.5. The second kappa shape index (κ2) is 9.06. The van der Waals surface area contributed by atoms with Crippen LogP contribution in [0.5, 0.6) is 0 Å². The Balaban J connectivity index is 1.94. The third-order valence-corrected chi connectivity index (χ3v) is 5.09. The van der Waals surface area contributed by atoms with Crippen LogP contribution in [-0.2, 0) is 16.0 Å². The first-order valence-corrected chi connectivity index (χ1v) is 10.3. The highest BCUT2D eigenvalue weighted by Crippen LogP contribution is 2.26. The van der Waals surface area contributed by atoms with E-state index >= 15 is 0 Å². The van der Waals surface area contributed by atoms with Crippen LogP contribution in [-0.4, -0.2) is 32.6 Å². The predicted octanol–water partition coefficient (Wildman–Crippen LogP) is 4.52. The summed E-state index contributed by atoms with van der Waals surface area (Å²) in [4.78, 5) is 12.0. The lowest BCUT2D eigenvalue weighted by Crippen LogP contribution is -2.14. The van der Waals surface area contributed by atoms with E-state index in [-0.39, 0.29) is 17.8 Å². The van der Waals surface area contributed by atoms with Crippen LogP contribution >= 0.6 is 11.8 Å². The van der Waals surface area contributed by atoms with E-state index in [1.165, 1.54) is 17.3 Å². The van der Waals surface area contributed by atoms with Crippen LogP contribution in [0.15, 0.2) is 53.7 Å². The van der Waals surface area contributed by atoms with Gasteiger partial charge in [0.05, 0.1) is 17.5 Å². The standard InChI is InChI=1S/C22H25N3O2S/c1-15(2)27-21(26)14-28-22-24-23-20(13-18-8-6-5-7-9-18)25(22)19-11-10-16(3)12-17(19)4/h5-12,15H,13-14H2,1-4H3. The molecular formula is C22H25N3O2S. The molecule has 0 spiro atoms. The molecule has 0 aliphatic rings. The maximum Gasteiger partial charge on any atom is 0.316 e. The zero-order valence-electron chi connectivity index (χ0n) is 16.7. The summed E-state index contributed by atoms with van der Waals surface area (Å²) in [7, 11) is 0. The monoisotopic (exact) mass is 395 g/mol. The lowest BCUT2D eigenvalue weighted by atomic mass is 10.1. The van der Waals surface area contributed by atoms with Gasteiger partial charge in [0.25, 0.3) is 0 Å². The van der Waals surface area contributed by atoms with Gasteiger partial charge in [0.1, 0.15) is 5.82 Å². The van der Waals surface area contributed by atoms with E-state index in [2.05, 4.69) is 58.9 Å². The smallest absolute Gasteiger partial charge is 0.316 e. The fraction of sp³-hybridized carbons (Fsp3) is 0.318. The fourth-order valence-electron chi connectivity index (χ4n) is 3.01. The van der Waals surface area contributed by atoms with Crippen molar-refractivity contribution in [2.45, 2.75) is 45.4 Å². The topological polar surface area (TPSA) is 57.0 Å². The molecule has 0 bridgehead atoms. The normalized spacial score (nSPS) is 11.0. The molecule has 0 saturated heterocycles. The molecule has 0 saturated carbocycles. The van der Waals surface area contributed by atoms with Crippen LogP contribution in [0.3, 0.4) is 0 Å². The van der Waals surface area contributed by atoms with Crippen molar-refractivity contribution < 1.29 is 9.53 Å². The Morgan fingerprint density at radius 1 is 1.11 bits per heavy atom. The van der Waals surface area contributed by atoms with Crippen LogP contribution in [0.25, 0.3) is 5.69 Å². The van der Waals surface area contributed by atoms with Crippen molar-refractivity contribution in [3.05, 3.63) is 71.0 Å². The Morgan fingerprint density at radius 3 is 2.54 bits per heavy atom. The molecule has 0 fully saturated rings. The van der Waals surface area contributed by atoms with Gasteiger partial charge in [-0.1, -0.05) is 59.8 Å². The van der Waals surface area contributed by atoms with Gasteiger partial charge in [0, 0.05) is 6.42 Å². The SMILES string of the molecule is Cc1ccc(-n2c(Cc3ccccc3)nnc2SCC(=O)OC(C)C)c(C)c1. The molecule has 5 nitrogen and oxygen atoms in total. The first kappa shape index (κ1) is 20.1. The first-order chi connectivity index (χ1) is 13.4. The number of rotatable bonds is 7. The largest absolute Gasteiger partial charge is 0.462 e. The second-order valence-corrected chi connectivity index (χ2v) is 7.96. The highest BCUT2D eigenvalue weighted by molar-refractivity contribution is 7.99. The number of thioether (sulfide) groups is 1. The quantitative estimate of drug-likeness (QED) is 0.435. The van der Waals surface area contributed by atoms with E-state index in [9.17, 15) is 4.79 Å². The van der Waals surface area contributed by atoms with Gasteiger partial charge in [0.15, 0.2) is 5.16 Å². The Kier molecular flexibility index (Phi) is 6.52. The Morgan fingerprint density at radius 2 is 1.86 bits per heavy atom. The molecule has 0 radical (unpaired) electrons. The minimum atomic E-state index is -0.250. The molecule has 0 atom stereocenters. The molecule has 3 rings (SSSR count). The average Bonchev–Trinajstić information content (AvgIpc) is 3.03. The van der Waals surface area contributed by atoms with Crippen molar-refractivity contribution in [2.24, 2.45) is 0 Å². The summed E-state index contributed by atoms with van der Waals surface area (Å²) in [5.74, 6) is 0.796. The number of nitrogens with zero attached hydrogens (tertiary/aromatic N) is 3. The Bertz CT molecular complexity index is 952. The molecule has 0 aliphatic carbocycles. The lowest BCUT2D eigenvalue weighted by molar-refractivity contribution is -0.144. The van der Waals surface area contributed by atoms with E-state index in [0.29, 0.717) is 11.6 Å². The third kappa shape index (κ3) is 5.01. The van der Waals surface area contributed by atoms with E-state index in [4.69, 9.17) is 4.74 Å². The summed E-state index contributed by atoms with van der Waals surface area (Å²) in [6.45, 7) is 7.85. The summed E-state index contributed by atoms with van der Waals surface area (Å²) in [6.07, 6.45) is 0.539. The number of esters is 1. The third-order valence-electron chi connectivity index (χ3n) is 4.18. The Labute approximate surface area is 170 Å². The number of carbonyl (C=O) groups excluding carboxylic acids is 1. The minimum Gasteiger partial charge on any atom is -0.462 e. The lowest BCUT2D eigenvalue weighted by Gasteiger charge is -2.14. The van der Waals surface area contributed by atoms with Gasteiger partial charge >= 0.3 is 5.97 Å². The van der Waals surface area contributed by atoms with Crippen molar-refractivity contribution in [1.82, 2.24) is 14.8 Å². The van der Waals surface area contributed by atoms with Gasteiger partial charge in [-0.3, -0.25) is 9.36 Å². The van der Waals surface area contributed by atoms with Crippen LogP contribution in [0.1, 0.15) is 36.4 Å². The average molecular weight is 396 g/mol. The van der Waals surface area contributed by atoms with Gasteiger partial charge < -0.3 is 4.74 Å². The van der Waals surface area contributed by atoms with E-state index in [0.717, 1.165) is 22.6 Å². The van der Waals surface area contributed by atoms with Crippen molar-refractivity contribution in [2.75, 3.05) is 5.75 Å². The number of aryl methyl sites for hydroxylation is 2. The molecule has 3 aromatic rings. The molecule has 0 aliphatic heterocycles. The van der Waals surface area contributed by atoms with Crippen LogP contribution < -0.4 is 0 Å². The molecule has 0 N–H and O–H groups in total. The van der Waals surface area contributed by atoms with Crippen molar-refractivity contribution >= 4 is 17.7 Å². The summed E-state index contributed by atoms with van der Waals surface area (Å²) in [5, 5.41) is 9.49. The van der Waals surface area contributed by atoms with Crippen molar-refractivity contribution in [3.8, 4) is 5.69 Å². The van der Waals surface area contributed by atoms with E-state index in [1.54, 1.807) is 0 Å². The molecule has 1 aromatic heterocycles. The molecule has 6 heteroatoms. The van der Waals surface area contributed by atoms with Crippen LogP contribution in [0.4, 0.5) is 0 Å². The number of hydrogen-bond acceptors (Lipinski definition) is 5. The highest BCUT2D eigenvalue weighted by atomic mass is 32.2. The molecule has 1 heterocycles. The van der Waals surface area contributed by atoms with Gasteiger partial charge in [-0.25, -0.2) is 0 Å². The van der Waals surface area contributed by atoms with E-state index < -0.39 is 0 Å². The molecule has 2 aromatic carbocycles. The maximum absolute atomic E-state index is 12.0. The molecule has 28 heavy (non-hydrogen) atoms. The maximum atomic E-state index is 12.0. The second-order valence-electron chi connectivity index (χ2n) is 7.01. The van der Waals surface area contributed by atoms with Gasteiger partial charge in [-0.05, 0) is 44.9 Å². The first-order valence-electron chi connectivity index (χ1n) is 9.32. The van der Waals surface area contributed by atoms with Crippen molar-refractivity contribution in [3.63, 3.8) is 0 Å². The van der Waals surface area contributed by atoms with Gasteiger partial charge in [0.2, 0.25) is 0 Å². The molecule has 0 unspecified atom stereocenters. The van der Waals surface area contributed by atoms with Gasteiger partial charge in [-0.2, -0.15) is 0 Å². The van der Waals surface area contributed by atoms with E-state index in [1.807, 2.05) is 32.0 Å². The number of carbonyl (C=O) groups is 1. The summed E-state index contributed by atoms with van der Waals surface area (Å²) in [5.41, 5.74) is 4.53. The summed E-state index contributed by atoms with van der Waals surface area (Å²) >= 11 is 1.35.